The van der Waals surface area contributed by atoms with Gasteiger partial charge in [-0.3, -0.25) is 0 Å². The quantitative estimate of drug-likeness (QED) is 0.617. The molecule has 0 unspecified atom stereocenters. The summed E-state index contributed by atoms with van der Waals surface area (Å²) in [6.45, 7) is 10.9. The van der Waals surface area contributed by atoms with Crippen molar-refractivity contribution in [3.63, 3.8) is 0 Å². The fourth-order valence-corrected chi connectivity index (χ4v) is 1.26. The van der Waals surface area contributed by atoms with Crippen LogP contribution >= 0.6 is 0 Å². The van der Waals surface area contributed by atoms with Gasteiger partial charge in [-0.1, -0.05) is 52.0 Å². The molecule has 0 fully saturated rings. The Labute approximate surface area is 99.7 Å². The van der Waals surface area contributed by atoms with Crippen LogP contribution in [0.1, 0.15) is 45.7 Å². The van der Waals surface area contributed by atoms with Crippen LogP contribution in [-0.4, -0.2) is 0 Å². The Kier molecular flexibility index (Phi) is 4.15. The van der Waals surface area contributed by atoms with Crippen molar-refractivity contribution in [2.24, 2.45) is 5.41 Å². The summed E-state index contributed by atoms with van der Waals surface area (Å²) in [6.07, 6.45) is 3.17. The van der Waals surface area contributed by atoms with Gasteiger partial charge < -0.3 is 0 Å². The highest BCUT2D eigenvalue weighted by Gasteiger charge is 2.11. The number of benzene rings is 1. The lowest BCUT2D eigenvalue weighted by Crippen LogP contribution is -2.04. The Hall–Kier alpha value is -1.26. The van der Waals surface area contributed by atoms with Gasteiger partial charge in [0.2, 0.25) is 0 Å². The minimum absolute atomic E-state index is 0.208. The number of hydrogen-bond donors (Lipinski definition) is 0. The molecule has 16 heavy (non-hydrogen) atoms. The van der Waals surface area contributed by atoms with Crippen molar-refractivity contribution in [3.05, 3.63) is 46.7 Å². The molecule has 1 aromatic carbocycles. The predicted molar refractivity (Wildman–Crippen MR) is 72.4 cm³/mol. The third-order valence-corrected chi connectivity index (χ3v) is 2.97. The van der Waals surface area contributed by atoms with Crippen molar-refractivity contribution in [1.82, 2.24) is 0 Å². The van der Waals surface area contributed by atoms with Gasteiger partial charge in [0.25, 0.3) is 0 Å². The van der Waals surface area contributed by atoms with Gasteiger partial charge in [0.15, 0.2) is 0 Å². The molecule has 0 aliphatic carbocycles. The Morgan fingerprint density at radius 3 is 2.19 bits per heavy atom. The summed E-state index contributed by atoms with van der Waals surface area (Å²) < 4.78 is 0. The van der Waals surface area contributed by atoms with Crippen LogP contribution in [0.4, 0.5) is 0 Å². The summed E-state index contributed by atoms with van der Waals surface area (Å²) in [4.78, 5) is 0. The molecule has 0 radical (unpaired) electrons. The maximum atomic E-state index is 3.37. The van der Waals surface area contributed by atoms with Crippen molar-refractivity contribution in [1.29, 1.82) is 0 Å². The first kappa shape index (κ1) is 12.8. The van der Waals surface area contributed by atoms with Gasteiger partial charge >= 0.3 is 0 Å². The van der Waals surface area contributed by atoms with Crippen molar-refractivity contribution in [2.45, 2.75) is 41.0 Å². The molecule has 1 rings (SSSR count). The van der Waals surface area contributed by atoms with Gasteiger partial charge in [0, 0.05) is 0 Å². The Morgan fingerprint density at radius 2 is 1.75 bits per heavy atom. The lowest BCUT2D eigenvalue weighted by Gasteiger charge is -2.16. The Balaban J connectivity index is 2.92. The second-order valence-electron chi connectivity index (χ2n) is 5.26. The van der Waals surface area contributed by atoms with Gasteiger partial charge in [-0.15, -0.1) is 5.73 Å². The van der Waals surface area contributed by atoms with Gasteiger partial charge in [-0.25, -0.2) is 0 Å². The molecule has 0 spiro atoms. The smallest absolute Gasteiger partial charge is 0.00999 e. The van der Waals surface area contributed by atoms with E-state index < -0.39 is 0 Å². The van der Waals surface area contributed by atoms with Crippen LogP contribution in [0.15, 0.2) is 35.6 Å². The monoisotopic (exact) mass is 214 g/mol. The molecule has 0 N–H and O–H groups in total. The van der Waals surface area contributed by atoms with E-state index in [1.165, 1.54) is 16.7 Å². The Bertz CT molecular complexity index is 393. The van der Waals surface area contributed by atoms with E-state index in [0.29, 0.717) is 0 Å². The first-order valence-electron chi connectivity index (χ1n) is 5.96. The number of hydrogen-bond acceptors (Lipinski definition) is 0. The highest BCUT2D eigenvalue weighted by atomic mass is 14.1. The zero-order valence-corrected chi connectivity index (χ0v) is 11.1. The first-order chi connectivity index (χ1) is 7.43. The molecule has 0 aliphatic rings. The lowest BCUT2D eigenvalue weighted by molar-refractivity contribution is 0.505. The molecule has 0 saturated carbocycles. The van der Waals surface area contributed by atoms with Crippen molar-refractivity contribution >= 4 is 6.08 Å². The number of rotatable bonds is 2. The van der Waals surface area contributed by atoms with Crippen molar-refractivity contribution in [3.8, 4) is 0 Å². The summed E-state index contributed by atoms with van der Waals surface area (Å²) in [5, 5.41) is 0. The average molecular weight is 214 g/mol. The van der Waals surface area contributed by atoms with Crippen LogP contribution in [0, 0.1) is 5.41 Å². The lowest BCUT2D eigenvalue weighted by atomic mass is 9.88. The van der Waals surface area contributed by atoms with E-state index in [2.05, 4.69) is 70.7 Å². The molecular weight excluding hydrogens is 192 g/mol. The summed E-state index contributed by atoms with van der Waals surface area (Å²) in [5.74, 6) is 0. The molecule has 0 atom stereocenters. The molecule has 0 heteroatoms. The molecule has 0 bridgehead atoms. The van der Waals surface area contributed by atoms with E-state index in [1.54, 1.807) is 0 Å². The standard InChI is InChI=1S/C16H22/c1-6-14-9-11-15(12-10-14)8-7-13(2)16(3,4)5/h8-12H,6H2,1-5H3. The molecule has 0 heterocycles. The molecule has 1 aromatic rings. The highest BCUT2D eigenvalue weighted by Crippen LogP contribution is 2.23. The van der Waals surface area contributed by atoms with E-state index in [1.807, 2.05) is 0 Å². The van der Waals surface area contributed by atoms with Crippen molar-refractivity contribution in [2.75, 3.05) is 0 Å². The van der Waals surface area contributed by atoms with Crippen LogP contribution in [0.5, 0.6) is 0 Å². The number of allylic oxidation sites excluding steroid dienone is 1. The van der Waals surface area contributed by atoms with Gasteiger partial charge in [-0.2, -0.15) is 0 Å². The topological polar surface area (TPSA) is 0 Å². The van der Waals surface area contributed by atoms with Gasteiger partial charge in [0.05, 0.1) is 0 Å². The van der Waals surface area contributed by atoms with Gasteiger partial charge in [0.1, 0.15) is 0 Å². The maximum absolute atomic E-state index is 3.37. The first-order valence-corrected chi connectivity index (χ1v) is 5.96. The number of aryl methyl sites for hydroxylation is 1. The molecule has 0 nitrogen and oxygen atoms in total. The third kappa shape index (κ3) is 3.72. The second kappa shape index (κ2) is 5.18. The minimum atomic E-state index is 0.208. The van der Waals surface area contributed by atoms with Crippen molar-refractivity contribution < 1.29 is 0 Å². The van der Waals surface area contributed by atoms with Crippen LogP contribution in [0.2, 0.25) is 0 Å². The third-order valence-electron chi connectivity index (χ3n) is 2.97. The van der Waals surface area contributed by atoms with Crippen LogP contribution in [0.3, 0.4) is 0 Å². The fourth-order valence-electron chi connectivity index (χ4n) is 1.26. The molecule has 0 aromatic heterocycles. The Morgan fingerprint density at radius 1 is 1.19 bits per heavy atom. The summed E-state index contributed by atoms with van der Waals surface area (Å²) in [5.41, 5.74) is 7.47. The van der Waals surface area contributed by atoms with Crippen LogP contribution in [0.25, 0.3) is 6.08 Å². The summed E-state index contributed by atoms with van der Waals surface area (Å²) >= 11 is 0. The molecular formula is C16H22. The van der Waals surface area contributed by atoms with Crippen LogP contribution in [-0.2, 0) is 6.42 Å². The van der Waals surface area contributed by atoms with Gasteiger partial charge in [-0.05, 0) is 41.5 Å². The summed E-state index contributed by atoms with van der Waals surface area (Å²) in [6, 6.07) is 8.67. The van der Waals surface area contributed by atoms with Crippen LogP contribution < -0.4 is 0 Å². The summed E-state index contributed by atoms with van der Waals surface area (Å²) in [7, 11) is 0. The molecule has 0 aliphatic heterocycles. The van der Waals surface area contributed by atoms with E-state index >= 15 is 0 Å². The predicted octanol–water partition coefficient (Wildman–Crippen LogP) is 4.85. The maximum Gasteiger partial charge on any atom is -0.00999 e. The molecule has 86 valence electrons. The normalized spacial score (nSPS) is 10.8. The minimum Gasteiger partial charge on any atom is -0.121 e. The molecule has 0 amide bonds. The zero-order valence-electron chi connectivity index (χ0n) is 11.1. The van der Waals surface area contributed by atoms with E-state index in [-0.39, 0.29) is 5.41 Å². The highest BCUT2D eigenvalue weighted by molar-refractivity contribution is 5.49. The fraction of sp³-hybridized carbons (Fsp3) is 0.438. The van der Waals surface area contributed by atoms with E-state index in [9.17, 15) is 0 Å². The SMILES string of the molecule is CCc1ccc(C=C=C(C)C(C)(C)C)cc1. The van der Waals surface area contributed by atoms with E-state index in [0.717, 1.165) is 6.42 Å². The second-order valence-corrected chi connectivity index (χ2v) is 5.26. The zero-order chi connectivity index (χ0) is 12.2. The van der Waals surface area contributed by atoms with E-state index in [4.69, 9.17) is 0 Å². The molecule has 0 saturated heterocycles. The average Bonchev–Trinajstić information content (AvgIpc) is 2.25. The largest absolute Gasteiger partial charge is 0.121 e.